The second-order valence-electron chi connectivity index (χ2n) is 5.77. The smallest absolute Gasteiger partial charge is 0.231 e. The lowest BCUT2D eigenvalue weighted by Crippen LogP contribution is -2.35. The van der Waals surface area contributed by atoms with Gasteiger partial charge in [-0.2, -0.15) is 5.10 Å². The standard InChI is InChI=1S/C15H19N5O/c1-10-17-13(20-19-10)11-4-3-5-12(8-11)18-14(21)15(2)6-7-16-9-15/h3-5,8,16H,6-7,9H2,1-2H3,(H,18,21)(H,17,19,20). The fourth-order valence-electron chi connectivity index (χ4n) is 2.50. The zero-order valence-electron chi connectivity index (χ0n) is 12.2. The first-order valence-electron chi connectivity index (χ1n) is 7.08. The monoisotopic (exact) mass is 285 g/mol. The summed E-state index contributed by atoms with van der Waals surface area (Å²) >= 11 is 0. The van der Waals surface area contributed by atoms with Crippen molar-refractivity contribution < 1.29 is 4.79 Å². The molecule has 6 nitrogen and oxygen atoms in total. The molecular formula is C15H19N5O. The van der Waals surface area contributed by atoms with Crippen LogP contribution in [0, 0.1) is 12.3 Å². The highest BCUT2D eigenvalue weighted by atomic mass is 16.2. The zero-order valence-corrected chi connectivity index (χ0v) is 12.2. The third-order valence-corrected chi connectivity index (χ3v) is 3.89. The summed E-state index contributed by atoms with van der Waals surface area (Å²) in [5.41, 5.74) is 1.32. The highest BCUT2D eigenvalue weighted by molar-refractivity contribution is 5.95. The Hall–Kier alpha value is -2.21. The second kappa shape index (κ2) is 5.29. The molecule has 6 heteroatoms. The van der Waals surface area contributed by atoms with Gasteiger partial charge in [0.2, 0.25) is 5.91 Å². The third kappa shape index (κ3) is 2.80. The van der Waals surface area contributed by atoms with Crippen LogP contribution < -0.4 is 10.6 Å². The van der Waals surface area contributed by atoms with E-state index in [2.05, 4.69) is 25.8 Å². The molecule has 0 spiro atoms. The Bertz CT molecular complexity index is 658. The number of benzene rings is 1. The molecule has 0 bridgehead atoms. The van der Waals surface area contributed by atoms with Gasteiger partial charge in [-0.05, 0) is 38.9 Å². The lowest BCUT2D eigenvalue weighted by Gasteiger charge is -2.21. The van der Waals surface area contributed by atoms with Gasteiger partial charge in [-0.3, -0.25) is 9.89 Å². The van der Waals surface area contributed by atoms with E-state index in [4.69, 9.17) is 0 Å². The summed E-state index contributed by atoms with van der Waals surface area (Å²) in [5.74, 6) is 1.46. The van der Waals surface area contributed by atoms with Crippen LogP contribution in [0.15, 0.2) is 24.3 Å². The van der Waals surface area contributed by atoms with Gasteiger partial charge < -0.3 is 10.6 Å². The minimum Gasteiger partial charge on any atom is -0.326 e. The average Bonchev–Trinajstić information content (AvgIpc) is 3.09. The normalized spacial score (nSPS) is 21.4. The van der Waals surface area contributed by atoms with Crippen LogP contribution in [0.25, 0.3) is 11.4 Å². The van der Waals surface area contributed by atoms with E-state index in [-0.39, 0.29) is 11.3 Å². The topological polar surface area (TPSA) is 82.7 Å². The summed E-state index contributed by atoms with van der Waals surface area (Å²) in [6.45, 7) is 5.46. The Labute approximate surface area is 123 Å². The number of aryl methyl sites for hydroxylation is 1. The Kier molecular flexibility index (Phi) is 3.47. The molecule has 1 aromatic heterocycles. The highest BCUT2D eigenvalue weighted by Crippen LogP contribution is 2.27. The molecule has 110 valence electrons. The number of rotatable bonds is 3. The number of aromatic nitrogens is 3. The minimum absolute atomic E-state index is 0.0517. The van der Waals surface area contributed by atoms with Crippen molar-refractivity contribution in [3.63, 3.8) is 0 Å². The number of carbonyl (C=O) groups is 1. The number of H-pyrrole nitrogens is 1. The van der Waals surface area contributed by atoms with Crippen LogP contribution in [0.4, 0.5) is 5.69 Å². The average molecular weight is 285 g/mol. The van der Waals surface area contributed by atoms with Gasteiger partial charge in [-0.25, -0.2) is 4.98 Å². The number of anilines is 1. The number of hydrogen-bond acceptors (Lipinski definition) is 4. The van der Waals surface area contributed by atoms with E-state index in [0.717, 1.165) is 36.6 Å². The number of carbonyl (C=O) groups excluding carboxylic acids is 1. The summed E-state index contributed by atoms with van der Waals surface area (Å²) < 4.78 is 0. The number of aromatic amines is 1. The van der Waals surface area contributed by atoms with Crippen LogP contribution >= 0.6 is 0 Å². The molecule has 1 fully saturated rings. The van der Waals surface area contributed by atoms with Gasteiger partial charge in [-0.15, -0.1) is 0 Å². The summed E-state index contributed by atoms with van der Waals surface area (Å²) in [5, 5.41) is 13.2. The fourth-order valence-corrected chi connectivity index (χ4v) is 2.50. The molecule has 1 aliphatic heterocycles. The molecular weight excluding hydrogens is 266 g/mol. The molecule has 1 atom stereocenters. The fraction of sp³-hybridized carbons (Fsp3) is 0.400. The van der Waals surface area contributed by atoms with Crippen molar-refractivity contribution in [2.45, 2.75) is 20.3 Å². The van der Waals surface area contributed by atoms with Crippen molar-refractivity contribution in [1.29, 1.82) is 0 Å². The number of nitrogens with one attached hydrogen (secondary N) is 3. The molecule has 0 radical (unpaired) electrons. The summed E-state index contributed by atoms with van der Waals surface area (Å²) in [4.78, 5) is 16.7. The summed E-state index contributed by atoms with van der Waals surface area (Å²) in [6.07, 6.45) is 0.860. The molecule has 0 aliphatic carbocycles. The molecule has 2 aromatic rings. The van der Waals surface area contributed by atoms with Crippen molar-refractivity contribution in [1.82, 2.24) is 20.5 Å². The molecule has 1 aliphatic rings. The van der Waals surface area contributed by atoms with Crippen LogP contribution in [-0.4, -0.2) is 34.2 Å². The van der Waals surface area contributed by atoms with Gasteiger partial charge >= 0.3 is 0 Å². The van der Waals surface area contributed by atoms with Gasteiger partial charge in [0, 0.05) is 17.8 Å². The van der Waals surface area contributed by atoms with Gasteiger partial charge in [-0.1, -0.05) is 12.1 Å². The largest absolute Gasteiger partial charge is 0.326 e. The Morgan fingerprint density at radius 1 is 1.43 bits per heavy atom. The van der Waals surface area contributed by atoms with Crippen LogP contribution in [0.1, 0.15) is 19.2 Å². The zero-order chi connectivity index (χ0) is 14.9. The maximum Gasteiger partial charge on any atom is 0.231 e. The van der Waals surface area contributed by atoms with Crippen molar-refractivity contribution >= 4 is 11.6 Å². The minimum atomic E-state index is -0.336. The molecule has 1 aromatic carbocycles. The van der Waals surface area contributed by atoms with E-state index in [0.29, 0.717) is 5.82 Å². The first-order valence-corrected chi connectivity index (χ1v) is 7.08. The third-order valence-electron chi connectivity index (χ3n) is 3.89. The van der Waals surface area contributed by atoms with Crippen molar-refractivity contribution in [2.75, 3.05) is 18.4 Å². The molecule has 1 amide bonds. The second-order valence-corrected chi connectivity index (χ2v) is 5.77. The van der Waals surface area contributed by atoms with Crippen LogP contribution in [0.5, 0.6) is 0 Å². The van der Waals surface area contributed by atoms with E-state index < -0.39 is 0 Å². The quantitative estimate of drug-likeness (QED) is 0.802. The van der Waals surface area contributed by atoms with Crippen molar-refractivity contribution in [2.24, 2.45) is 5.41 Å². The Morgan fingerprint density at radius 2 is 2.29 bits per heavy atom. The van der Waals surface area contributed by atoms with Crippen LogP contribution in [-0.2, 0) is 4.79 Å². The van der Waals surface area contributed by atoms with E-state index >= 15 is 0 Å². The lowest BCUT2D eigenvalue weighted by molar-refractivity contribution is -0.123. The molecule has 2 heterocycles. The number of hydrogen-bond donors (Lipinski definition) is 3. The van der Waals surface area contributed by atoms with Gasteiger partial charge in [0.05, 0.1) is 5.41 Å². The first-order chi connectivity index (χ1) is 10.1. The predicted molar refractivity (Wildman–Crippen MR) is 80.8 cm³/mol. The van der Waals surface area contributed by atoms with E-state index in [1.54, 1.807) is 0 Å². The van der Waals surface area contributed by atoms with E-state index in [9.17, 15) is 4.79 Å². The number of amides is 1. The van der Waals surface area contributed by atoms with E-state index in [1.165, 1.54) is 0 Å². The Balaban J connectivity index is 1.79. The predicted octanol–water partition coefficient (Wildman–Crippen LogP) is 1.72. The van der Waals surface area contributed by atoms with Gasteiger partial charge in [0.1, 0.15) is 5.82 Å². The maximum atomic E-state index is 12.4. The summed E-state index contributed by atoms with van der Waals surface area (Å²) in [7, 11) is 0. The maximum absolute atomic E-state index is 12.4. The molecule has 3 N–H and O–H groups in total. The van der Waals surface area contributed by atoms with Crippen LogP contribution in [0.3, 0.4) is 0 Å². The molecule has 0 saturated carbocycles. The summed E-state index contributed by atoms with van der Waals surface area (Å²) in [6, 6.07) is 7.60. The van der Waals surface area contributed by atoms with Crippen LogP contribution in [0.2, 0.25) is 0 Å². The highest BCUT2D eigenvalue weighted by Gasteiger charge is 2.36. The molecule has 21 heavy (non-hydrogen) atoms. The first kappa shape index (κ1) is 13.8. The van der Waals surface area contributed by atoms with Crippen molar-refractivity contribution in [3.8, 4) is 11.4 Å². The van der Waals surface area contributed by atoms with Gasteiger partial charge in [0.25, 0.3) is 0 Å². The lowest BCUT2D eigenvalue weighted by atomic mass is 9.88. The van der Waals surface area contributed by atoms with Crippen molar-refractivity contribution in [3.05, 3.63) is 30.1 Å². The molecule has 1 saturated heterocycles. The molecule has 3 rings (SSSR count). The SMILES string of the molecule is Cc1nc(-c2cccc(NC(=O)C3(C)CCNC3)c2)n[nH]1. The number of nitrogens with zero attached hydrogens (tertiary/aromatic N) is 2. The Morgan fingerprint density at radius 3 is 2.95 bits per heavy atom. The van der Waals surface area contributed by atoms with E-state index in [1.807, 2.05) is 38.1 Å². The molecule has 1 unspecified atom stereocenters. The van der Waals surface area contributed by atoms with Gasteiger partial charge in [0.15, 0.2) is 5.82 Å².